The number of carbonyl (C=O) groups excluding carboxylic acids is 1. The summed E-state index contributed by atoms with van der Waals surface area (Å²) in [6.07, 6.45) is 3.58. The van der Waals surface area contributed by atoms with E-state index in [0.29, 0.717) is 16.5 Å². The van der Waals surface area contributed by atoms with Gasteiger partial charge in [0.25, 0.3) is 0 Å². The number of nitrogens with zero attached hydrogens (tertiary/aromatic N) is 2. The van der Waals surface area contributed by atoms with E-state index in [2.05, 4.69) is 29.3 Å². The van der Waals surface area contributed by atoms with E-state index in [1.165, 1.54) is 18.5 Å². The molecule has 1 aliphatic heterocycles. The Morgan fingerprint density at radius 1 is 1.22 bits per heavy atom. The minimum absolute atomic E-state index is 0.0449. The van der Waals surface area contributed by atoms with Crippen LogP contribution in [0.5, 0.6) is 0 Å². The van der Waals surface area contributed by atoms with Crippen molar-refractivity contribution in [2.45, 2.75) is 39.3 Å². The minimum atomic E-state index is -3.59. The number of anilines is 1. The molecule has 6 nitrogen and oxygen atoms in total. The van der Waals surface area contributed by atoms with Gasteiger partial charge in [0, 0.05) is 30.3 Å². The van der Waals surface area contributed by atoms with Gasteiger partial charge in [-0.25, -0.2) is 8.42 Å². The smallest absolute Gasteiger partial charge is 0.235 e. The molecule has 0 unspecified atom stereocenters. The van der Waals surface area contributed by atoms with Crippen LogP contribution >= 0.6 is 11.6 Å². The molecule has 2 aromatic carbocycles. The Hall–Kier alpha value is -2.09. The average Bonchev–Trinajstić information content (AvgIpc) is 2.74. The molecule has 32 heavy (non-hydrogen) atoms. The van der Waals surface area contributed by atoms with Crippen LogP contribution in [-0.2, 0) is 21.4 Å². The molecule has 1 heterocycles. The quantitative estimate of drug-likeness (QED) is 0.618. The van der Waals surface area contributed by atoms with Crippen molar-refractivity contribution in [3.63, 3.8) is 0 Å². The fourth-order valence-electron chi connectivity index (χ4n) is 4.04. The summed E-state index contributed by atoms with van der Waals surface area (Å²) in [4.78, 5) is 15.1. The van der Waals surface area contributed by atoms with Gasteiger partial charge in [0.05, 0.1) is 18.8 Å². The molecule has 0 bridgehead atoms. The van der Waals surface area contributed by atoms with Crippen molar-refractivity contribution in [1.29, 1.82) is 0 Å². The van der Waals surface area contributed by atoms with Gasteiger partial charge in [-0.2, -0.15) is 4.31 Å². The summed E-state index contributed by atoms with van der Waals surface area (Å²) >= 11 is 6.17. The molecule has 2 atom stereocenters. The monoisotopic (exact) mass is 477 g/mol. The van der Waals surface area contributed by atoms with Gasteiger partial charge in [0.15, 0.2) is 0 Å². The van der Waals surface area contributed by atoms with Crippen LogP contribution in [0, 0.1) is 5.92 Å². The molecule has 1 N–H and O–H groups in total. The largest absolute Gasteiger partial charge is 0.371 e. The van der Waals surface area contributed by atoms with E-state index < -0.39 is 10.0 Å². The zero-order valence-corrected chi connectivity index (χ0v) is 20.5. The lowest BCUT2D eigenvalue weighted by Gasteiger charge is -2.33. The van der Waals surface area contributed by atoms with Crippen LogP contribution in [0.2, 0.25) is 5.02 Å². The molecular formula is C24H32ClN3O3S. The molecule has 3 rings (SSSR count). The van der Waals surface area contributed by atoms with Gasteiger partial charge in [-0.15, -0.1) is 0 Å². The van der Waals surface area contributed by atoms with Crippen LogP contribution in [0.3, 0.4) is 0 Å². The van der Waals surface area contributed by atoms with E-state index in [1.54, 1.807) is 24.3 Å². The molecule has 2 aromatic rings. The summed E-state index contributed by atoms with van der Waals surface area (Å²) in [5.41, 5.74) is 2.83. The molecular weight excluding hydrogens is 446 g/mol. The van der Waals surface area contributed by atoms with Crippen LogP contribution in [-0.4, -0.2) is 44.5 Å². The Labute approximate surface area is 196 Å². The highest BCUT2D eigenvalue weighted by Gasteiger charge is 2.23. The summed E-state index contributed by atoms with van der Waals surface area (Å²) in [5.74, 6) is 0.342. The van der Waals surface area contributed by atoms with Gasteiger partial charge in [-0.05, 0) is 55.0 Å². The zero-order valence-electron chi connectivity index (χ0n) is 18.9. The first-order valence-electron chi connectivity index (χ1n) is 11.0. The molecule has 0 aromatic heterocycles. The van der Waals surface area contributed by atoms with Crippen LogP contribution < -0.4 is 10.2 Å². The Morgan fingerprint density at radius 2 is 1.91 bits per heavy atom. The fraction of sp³-hybridized carbons (Fsp3) is 0.458. The van der Waals surface area contributed by atoms with Crippen LogP contribution in [0.1, 0.15) is 43.9 Å². The number of piperidine rings is 1. The van der Waals surface area contributed by atoms with E-state index in [9.17, 15) is 13.2 Å². The first kappa shape index (κ1) is 24.6. The molecule has 0 radical (unpaired) electrons. The topological polar surface area (TPSA) is 69.7 Å². The fourth-order valence-corrected chi connectivity index (χ4v) is 4.96. The summed E-state index contributed by atoms with van der Waals surface area (Å²) in [5, 5.41) is 3.38. The normalized spacial score (nSPS) is 17.9. The van der Waals surface area contributed by atoms with Gasteiger partial charge in [-0.3, -0.25) is 4.79 Å². The average molecular weight is 478 g/mol. The van der Waals surface area contributed by atoms with E-state index >= 15 is 0 Å². The second kappa shape index (κ2) is 10.7. The number of amides is 1. The molecule has 174 valence electrons. The predicted molar refractivity (Wildman–Crippen MR) is 130 cm³/mol. The van der Waals surface area contributed by atoms with Crippen molar-refractivity contribution in [3.8, 4) is 0 Å². The number of sulfonamides is 1. The molecule has 1 fully saturated rings. The Kier molecular flexibility index (Phi) is 8.20. The van der Waals surface area contributed by atoms with Crippen LogP contribution in [0.15, 0.2) is 48.5 Å². The lowest BCUT2D eigenvalue weighted by Crippen LogP contribution is -2.40. The van der Waals surface area contributed by atoms with E-state index in [-0.39, 0.29) is 25.0 Å². The molecule has 1 aliphatic rings. The maximum atomic E-state index is 12.7. The molecule has 8 heteroatoms. The number of benzene rings is 2. The maximum absolute atomic E-state index is 12.7. The van der Waals surface area contributed by atoms with Crippen molar-refractivity contribution in [1.82, 2.24) is 9.62 Å². The Balaban J connectivity index is 1.61. The Morgan fingerprint density at radius 3 is 2.53 bits per heavy atom. The molecule has 0 aliphatic carbocycles. The van der Waals surface area contributed by atoms with Crippen LogP contribution in [0.4, 0.5) is 5.69 Å². The molecule has 0 spiro atoms. The highest BCUT2D eigenvalue weighted by Crippen LogP contribution is 2.25. The van der Waals surface area contributed by atoms with Gasteiger partial charge in [-0.1, -0.05) is 48.9 Å². The van der Waals surface area contributed by atoms with E-state index in [1.807, 2.05) is 19.1 Å². The summed E-state index contributed by atoms with van der Waals surface area (Å²) in [6.45, 7) is 6.10. The van der Waals surface area contributed by atoms with Gasteiger partial charge < -0.3 is 10.2 Å². The highest BCUT2D eigenvalue weighted by molar-refractivity contribution is 7.88. The van der Waals surface area contributed by atoms with Crippen molar-refractivity contribution in [2.24, 2.45) is 5.92 Å². The second-order valence-corrected chi connectivity index (χ2v) is 11.1. The number of halogens is 1. The van der Waals surface area contributed by atoms with Crippen molar-refractivity contribution in [2.75, 3.05) is 30.8 Å². The SMILES string of the molecule is C[C@@H]1CCCN(c2ccc([C@H](C)NC(=O)CN(Cc3ccccc3Cl)S(C)(=O)=O)cc2)C1. The van der Waals surface area contributed by atoms with Crippen molar-refractivity contribution >= 4 is 33.2 Å². The summed E-state index contributed by atoms with van der Waals surface area (Å²) in [6, 6.07) is 15.0. The number of rotatable bonds is 8. The first-order chi connectivity index (χ1) is 15.1. The van der Waals surface area contributed by atoms with Gasteiger partial charge in [0.1, 0.15) is 0 Å². The lowest BCUT2D eigenvalue weighted by atomic mass is 9.99. The maximum Gasteiger partial charge on any atom is 0.235 e. The number of carbonyl (C=O) groups is 1. The number of hydrogen-bond donors (Lipinski definition) is 1. The van der Waals surface area contributed by atoms with Gasteiger partial charge in [0.2, 0.25) is 15.9 Å². The molecule has 1 saturated heterocycles. The first-order valence-corrected chi connectivity index (χ1v) is 13.2. The number of hydrogen-bond acceptors (Lipinski definition) is 4. The lowest BCUT2D eigenvalue weighted by molar-refractivity contribution is -0.122. The zero-order chi connectivity index (χ0) is 23.3. The van der Waals surface area contributed by atoms with E-state index in [0.717, 1.165) is 29.2 Å². The second-order valence-electron chi connectivity index (χ2n) is 8.70. The van der Waals surface area contributed by atoms with Crippen molar-refractivity contribution in [3.05, 3.63) is 64.7 Å². The summed E-state index contributed by atoms with van der Waals surface area (Å²) < 4.78 is 25.6. The third kappa shape index (κ3) is 6.70. The third-order valence-corrected chi connectivity index (χ3v) is 7.45. The minimum Gasteiger partial charge on any atom is -0.371 e. The Bertz CT molecular complexity index is 1030. The number of nitrogens with one attached hydrogen (secondary N) is 1. The molecule has 1 amide bonds. The highest BCUT2D eigenvalue weighted by atomic mass is 35.5. The predicted octanol–water partition coefficient (Wildman–Crippen LogP) is 4.22. The molecule has 0 saturated carbocycles. The van der Waals surface area contributed by atoms with Crippen LogP contribution in [0.25, 0.3) is 0 Å². The van der Waals surface area contributed by atoms with E-state index in [4.69, 9.17) is 11.6 Å². The summed E-state index contributed by atoms with van der Waals surface area (Å²) in [7, 11) is -3.59. The van der Waals surface area contributed by atoms with Gasteiger partial charge >= 0.3 is 0 Å². The standard InChI is InChI=1S/C24H32ClN3O3S/c1-18-7-6-14-27(15-18)22-12-10-20(11-13-22)19(2)26-24(29)17-28(32(3,30)31)16-21-8-4-5-9-23(21)25/h4-5,8-13,18-19H,6-7,14-17H2,1-3H3,(H,26,29)/t18-,19+/m1/s1. The van der Waals surface area contributed by atoms with Crippen molar-refractivity contribution < 1.29 is 13.2 Å². The third-order valence-electron chi connectivity index (χ3n) is 5.89.